The van der Waals surface area contributed by atoms with Crippen LogP contribution in [0.15, 0.2) is 60.9 Å². The van der Waals surface area contributed by atoms with E-state index in [9.17, 15) is 14.3 Å². The third kappa shape index (κ3) is 7.30. The molecule has 0 unspecified atom stereocenters. The van der Waals surface area contributed by atoms with E-state index in [0.717, 1.165) is 36.1 Å². The Bertz CT molecular complexity index is 1510. The zero-order chi connectivity index (χ0) is 29.7. The molecule has 220 valence electrons. The van der Waals surface area contributed by atoms with Crippen LogP contribution in [0.2, 0.25) is 0 Å². The second-order valence-electron chi connectivity index (χ2n) is 11.3. The first kappa shape index (κ1) is 29.2. The summed E-state index contributed by atoms with van der Waals surface area (Å²) >= 11 is 0. The van der Waals surface area contributed by atoms with Crippen molar-refractivity contribution >= 4 is 11.6 Å². The molecule has 0 spiro atoms. The summed E-state index contributed by atoms with van der Waals surface area (Å²) in [6.07, 6.45) is 5.72. The Kier molecular flexibility index (Phi) is 8.82. The molecule has 1 saturated heterocycles. The van der Waals surface area contributed by atoms with Crippen LogP contribution in [-0.2, 0) is 0 Å². The highest BCUT2D eigenvalue weighted by Gasteiger charge is 2.24. The topological polar surface area (TPSA) is 113 Å². The number of carbonyl (C=O) groups excluding carboxylic acids is 1. The van der Waals surface area contributed by atoms with E-state index in [0.29, 0.717) is 54.1 Å². The highest BCUT2D eigenvalue weighted by atomic mass is 19.1. The van der Waals surface area contributed by atoms with Crippen molar-refractivity contribution in [3.05, 3.63) is 72.3 Å². The number of aliphatic hydroxyl groups is 1. The second-order valence-corrected chi connectivity index (χ2v) is 11.3. The Morgan fingerprint density at radius 3 is 2.60 bits per heavy atom. The van der Waals surface area contributed by atoms with Gasteiger partial charge in [0.25, 0.3) is 0 Å². The number of benzene rings is 2. The highest BCUT2D eigenvalue weighted by Crippen LogP contribution is 2.30. The fraction of sp³-hybridized carbons (Fsp3) is 0.375. The number of Topliss-reactive ketones (excluding diaryl/α,β-unsaturated/α-hetero) is 1. The van der Waals surface area contributed by atoms with E-state index in [2.05, 4.69) is 20.2 Å². The van der Waals surface area contributed by atoms with Gasteiger partial charge >= 0.3 is 0 Å². The highest BCUT2D eigenvalue weighted by molar-refractivity contribution is 5.96. The van der Waals surface area contributed by atoms with E-state index in [-0.39, 0.29) is 12.4 Å². The summed E-state index contributed by atoms with van der Waals surface area (Å²) in [5.41, 5.74) is 2.14. The van der Waals surface area contributed by atoms with E-state index >= 15 is 0 Å². The predicted molar refractivity (Wildman–Crippen MR) is 158 cm³/mol. The van der Waals surface area contributed by atoms with Crippen molar-refractivity contribution in [3.63, 3.8) is 0 Å². The van der Waals surface area contributed by atoms with Crippen LogP contribution in [0.3, 0.4) is 0 Å². The maximum Gasteiger partial charge on any atom is 0.183 e. The van der Waals surface area contributed by atoms with Crippen LogP contribution in [-0.4, -0.2) is 63.5 Å². The van der Waals surface area contributed by atoms with Crippen molar-refractivity contribution in [2.45, 2.75) is 45.1 Å². The molecule has 0 radical (unpaired) electrons. The first-order valence-corrected chi connectivity index (χ1v) is 14.1. The summed E-state index contributed by atoms with van der Waals surface area (Å²) in [6, 6.07) is 14.7. The molecule has 1 aliphatic rings. The molecular weight excluding hydrogens is 537 g/mol. The van der Waals surface area contributed by atoms with Crippen molar-refractivity contribution in [1.29, 1.82) is 0 Å². The number of aromatic nitrogens is 4. The second kappa shape index (κ2) is 12.7. The third-order valence-corrected chi connectivity index (χ3v) is 7.38. The van der Waals surface area contributed by atoms with Gasteiger partial charge in [0, 0.05) is 48.5 Å². The number of aromatic amines is 1. The van der Waals surface area contributed by atoms with Crippen LogP contribution in [0, 0.1) is 11.7 Å². The van der Waals surface area contributed by atoms with Gasteiger partial charge in [0.2, 0.25) is 0 Å². The van der Waals surface area contributed by atoms with Gasteiger partial charge in [-0.3, -0.25) is 9.89 Å². The SMILES string of the molecule is COc1cc(OCC(C)(C)O)cc(C(=O)CCC2CCN(c3nc(-c4cccc(-c5ccn[nH]5)c4)ncc3F)CC2)c1. The number of nitrogens with one attached hydrogen (secondary N) is 1. The summed E-state index contributed by atoms with van der Waals surface area (Å²) in [5.74, 6) is 1.68. The number of hydrogen-bond donors (Lipinski definition) is 2. The van der Waals surface area contributed by atoms with Crippen molar-refractivity contribution in [2.75, 3.05) is 31.7 Å². The van der Waals surface area contributed by atoms with E-state index in [1.165, 1.54) is 6.20 Å². The molecule has 0 amide bonds. The minimum absolute atomic E-state index is 0.00767. The molecule has 3 heterocycles. The van der Waals surface area contributed by atoms with Crippen LogP contribution in [0.25, 0.3) is 22.6 Å². The minimum Gasteiger partial charge on any atom is -0.497 e. The number of rotatable bonds is 11. The number of hydrogen-bond acceptors (Lipinski definition) is 8. The van der Waals surface area contributed by atoms with Crippen LogP contribution in [0.5, 0.6) is 11.5 Å². The summed E-state index contributed by atoms with van der Waals surface area (Å²) in [7, 11) is 1.54. The number of anilines is 1. The molecule has 4 aromatic rings. The number of halogens is 1. The molecule has 0 aliphatic carbocycles. The monoisotopic (exact) mass is 573 g/mol. The summed E-state index contributed by atoms with van der Waals surface area (Å²) < 4.78 is 25.9. The molecule has 10 heteroatoms. The Labute approximate surface area is 244 Å². The Morgan fingerprint density at radius 2 is 1.88 bits per heavy atom. The summed E-state index contributed by atoms with van der Waals surface area (Å²) in [6.45, 7) is 4.70. The Balaban J connectivity index is 1.19. The quantitative estimate of drug-likeness (QED) is 0.219. The van der Waals surface area contributed by atoms with Crippen molar-refractivity contribution in [1.82, 2.24) is 20.2 Å². The molecule has 1 fully saturated rings. The van der Waals surface area contributed by atoms with E-state index < -0.39 is 11.4 Å². The standard InChI is InChI=1S/C32H36FN5O4/c1-32(2,40)20-42-26-17-24(16-25(18-26)41-3)29(39)8-7-21-10-13-38(14-11-21)31-27(33)19-34-30(36-31)23-6-4-5-22(15-23)28-9-12-35-37-28/h4-6,9,12,15-19,21,40H,7-8,10-11,13-14,20H2,1-3H3,(H,35,37). The van der Waals surface area contributed by atoms with E-state index in [1.807, 2.05) is 35.2 Å². The van der Waals surface area contributed by atoms with E-state index in [4.69, 9.17) is 9.47 Å². The lowest BCUT2D eigenvalue weighted by Gasteiger charge is -2.33. The molecule has 1 aliphatic heterocycles. The third-order valence-electron chi connectivity index (χ3n) is 7.38. The first-order valence-electron chi connectivity index (χ1n) is 14.1. The predicted octanol–water partition coefficient (Wildman–Crippen LogP) is 5.71. The molecule has 2 N–H and O–H groups in total. The first-order chi connectivity index (χ1) is 20.2. The number of methoxy groups -OCH3 is 1. The molecule has 0 bridgehead atoms. The maximum absolute atomic E-state index is 14.9. The molecule has 9 nitrogen and oxygen atoms in total. The van der Waals surface area contributed by atoms with Gasteiger partial charge in [-0.15, -0.1) is 0 Å². The number of H-pyrrole nitrogens is 1. The number of carbonyl (C=O) groups is 1. The van der Waals surface area contributed by atoms with Gasteiger partial charge in [-0.05, 0) is 63.3 Å². The lowest BCUT2D eigenvalue weighted by Crippen LogP contribution is -2.35. The van der Waals surface area contributed by atoms with Gasteiger partial charge in [-0.1, -0.05) is 18.2 Å². The van der Waals surface area contributed by atoms with Gasteiger partial charge in [0.05, 0.1) is 24.6 Å². The lowest BCUT2D eigenvalue weighted by atomic mass is 9.90. The Hall–Kier alpha value is -4.31. The van der Waals surface area contributed by atoms with Crippen molar-refractivity contribution in [2.24, 2.45) is 5.92 Å². The van der Waals surface area contributed by atoms with Crippen molar-refractivity contribution in [3.8, 4) is 34.1 Å². The average Bonchev–Trinajstić information content (AvgIpc) is 3.54. The summed E-state index contributed by atoms with van der Waals surface area (Å²) in [4.78, 5) is 23.9. The lowest BCUT2D eigenvalue weighted by molar-refractivity contribution is 0.0284. The van der Waals surface area contributed by atoms with Crippen LogP contribution >= 0.6 is 0 Å². The fourth-order valence-corrected chi connectivity index (χ4v) is 5.07. The normalized spacial score (nSPS) is 14.2. The molecular formula is C32H36FN5O4. The van der Waals surface area contributed by atoms with Crippen LogP contribution in [0.1, 0.15) is 49.9 Å². The van der Waals surface area contributed by atoms with Crippen molar-refractivity contribution < 1.29 is 23.8 Å². The Morgan fingerprint density at radius 1 is 1.12 bits per heavy atom. The molecule has 2 aromatic carbocycles. The van der Waals surface area contributed by atoms with E-state index in [1.54, 1.807) is 45.4 Å². The van der Waals surface area contributed by atoms with Crippen LogP contribution in [0.4, 0.5) is 10.2 Å². The van der Waals surface area contributed by atoms with Gasteiger partial charge in [-0.25, -0.2) is 14.4 Å². The minimum atomic E-state index is -0.996. The van der Waals surface area contributed by atoms with Gasteiger partial charge in [0.1, 0.15) is 18.1 Å². The number of piperidine rings is 1. The molecule has 5 rings (SSSR count). The molecule has 42 heavy (non-hydrogen) atoms. The molecule has 2 aromatic heterocycles. The largest absolute Gasteiger partial charge is 0.497 e. The number of ketones is 1. The molecule has 0 saturated carbocycles. The average molecular weight is 574 g/mol. The van der Waals surface area contributed by atoms with Gasteiger partial charge < -0.3 is 19.5 Å². The zero-order valence-corrected chi connectivity index (χ0v) is 24.1. The smallest absolute Gasteiger partial charge is 0.183 e. The summed E-state index contributed by atoms with van der Waals surface area (Å²) in [5, 5.41) is 16.9. The zero-order valence-electron chi connectivity index (χ0n) is 24.1. The maximum atomic E-state index is 14.9. The number of nitrogens with zero attached hydrogens (tertiary/aromatic N) is 4. The van der Waals surface area contributed by atoms with Crippen LogP contribution < -0.4 is 14.4 Å². The number of ether oxygens (including phenoxy) is 2. The van der Waals surface area contributed by atoms with Gasteiger partial charge in [-0.2, -0.15) is 5.10 Å². The van der Waals surface area contributed by atoms with Gasteiger partial charge in [0.15, 0.2) is 23.2 Å². The molecule has 0 atom stereocenters. The fourth-order valence-electron chi connectivity index (χ4n) is 5.07.